The normalized spacial score (nSPS) is 16.9. The van der Waals surface area contributed by atoms with Crippen molar-refractivity contribution in [3.05, 3.63) is 53.8 Å². The molecule has 0 saturated carbocycles. The highest BCUT2D eigenvalue weighted by Crippen LogP contribution is 2.35. The van der Waals surface area contributed by atoms with Crippen LogP contribution in [0.25, 0.3) is 0 Å². The zero-order valence-corrected chi connectivity index (χ0v) is 18.8. The second-order valence-electron chi connectivity index (χ2n) is 8.29. The van der Waals surface area contributed by atoms with Crippen LogP contribution in [0.2, 0.25) is 0 Å². The molecule has 2 aliphatic heterocycles. The first-order chi connectivity index (χ1) is 15.2. The van der Waals surface area contributed by atoms with Crippen molar-refractivity contribution < 1.29 is 27.1 Å². The summed E-state index contributed by atoms with van der Waals surface area (Å²) in [7, 11) is -3.71. The number of hydrogen-bond donors (Lipinski definition) is 1. The number of benzene rings is 2. The van der Waals surface area contributed by atoms with E-state index < -0.39 is 21.4 Å². The molecule has 32 heavy (non-hydrogen) atoms. The van der Waals surface area contributed by atoms with E-state index in [1.54, 1.807) is 4.90 Å². The highest BCUT2D eigenvalue weighted by atomic mass is 32.2. The van der Waals surface area contributed by atoms with E-state index in [1.807, 2.05) is 32.0 Å². The molecule has 2 aromatic rings. The van der Waals surface area contributed by atoms with Gasteiger partial charge in [0.2, 0.25) is 22.7 Å². The third-order valence-corrected chi connectivity index (χ3v) is 7.73. The van der Waals surface area contributed by atoms with E-state index in [9.17, 15) is 17.6 Å². The van der Waals surface area contributed by atoms with Crippen molar-refractivity contribution in [2.45, 2.75) is 24.3 Å². The Morgan fingerprint density at radius 3 is 2.38 bits per heavy atom. The lowest BCUT2D eigenvalue weighted by molar-refractivity contribution is -0.131. The second-order valence-corrected chi connectivity index (χ2v) is 10.2. The van der Waals surface area contributed by atoms with Crippen LogP contribution in [0.3, 0.4) is 0 Å². The van der Waals surface area contributed by atoms with Crippen LogP contribution in [0, 0.1) is 5.82 Å². The third kappa shape index (κ3) is 4.57. The minimum Gasteiger partial charge on any atom is -0.454 e. The van der Waals surface area contributed by atoms with Gasteiger partial charge in [0, 0.05) is 31.7 Å². The number of fused-ring (bicyclic) bond motifs is 1. The van der Waals surface area contributed by atoms with Gasteiger partial charge in [0.25, 0.3) is 0 Å². The summed E-state index contributed by atoms with van der Waals surface area (Å²) >= 11 is 0. The van der Waals surface area contributed by atoms with E-state index in [1.165, 1.54) is 16.4 Å². The van der Waals surface area contributed by atoms with Crippen LogP contribution in [0.4, 0.5) is 4.39 Å². The summed E-state index contributed by atoms with van der Waals surface area (Å²) in [6.45, 7) is 5.25. The van der Waals surface area contributed by atoms with Crippen molar-refractivity contribution in [1.82, 2.24) is 14.5 Å². The topological polar surface area (TPSA) is 88.2 Å². The minimum atomic E-state index is -3.71. The Morgan fingerprint density at radius 2 is 1.69 bits per heavy atom. The number of hydrogen-bond acceptors (Lipinski definition) is 6. The van der Waals surface area contributed by atoms with E-state index in [0.29, 0.717) is 24.6 Å². The Hall–Kier alpha value is -2.69. The number of rotatable bonds is 6. The summed E-state index contributed by atoms with van der Waals surface area (Å²) in [6, 6.07) is 10.4. The van der Waals surface area contributed by atoms with E-state index in [0.717, 1.165) is 17.7 Å². The van der Waals surface area contributed by atoms with Gasteiger partial charge in [-0.15, -0.1) is 0 Å². The van der Waals surface area contributed by atoms with Crippen molar-refractivity contribution in [3.63, 3.8) is 0 Å². The van der Waals surface area contributed by atoms with Gasteiger partial charge < -0.3 is 14.4 Å². The smallest absolute Gasteiger partial charge is 0.243 e. The number of halogens is 1. The highest BCUT2D eigenvalue weighted by Gasteiger charge is 2.31. The maximum atomic E-state index is 13.1. The molecule has 0 aliphatic carbocycles. The van der Waals surface area contributed by atoms with Crippen molar-refractivity contribution >= 4 is 15.9 Å². The van der Waals surface area contributed by atoms with Crippen LogP contribution < -0.4 is 14.8 Å². The Morgan fingerprint density at radius 1 is 1.03 bits per heavy atom. The summed E-state index contributed by atoms with van der Waals surface area (Å²) in [6.07, 6.45) is 0. The van der Waals surface area contributed by atoms with E-state index in [4.69, 9.17) is 9.47 Å². The molecule has 1 amide bonds. The molecule has 0 aromatic heterocycles. The lowest BCUT2D eigenvalue weighted by Gasteiger charge is -2.35. The highest BCUT2D eigenvalue weighted by molar-refractivity contribution is 7.89. The number of nitrogens with zero attached hydrogens (tertiary/aromatic N) is 2. The largest absolute Gasteiger partial charge is 0.454 e. The quantitative estimate of drug-likeness (QED) is 0.704. The zero-order chi connectivity index (χ0) is 22.9. The molecule has 2 aromatic carbocycles. The van der Waals surface area contributed by atoms with Gasteiger partial charge in [-0.05, 0) is 55.8 Å². The summed E-state index contributed by atoms with van der Waals surface area (Å²) in [5.41, 5.74) is 0.481. The summed E-state index contributed by atoms with van der Waals surface area (Å²) in [5, 5.41) is 3.28. The molecule has 2 heterocycles. The van der Waals surface area contributed by atoms with Gasteiger partial charge in [-0.3, -0.25) is 10.1 Å². The predicted octanol–water partition coefficient (Wildman–Crippen LogP) is 1.91. The lowest BCUT2D eigenvalue weighted by Crippen LogP contribution is -2.53. The molecule has 10 heteroatoms. The van der Waals surface area contributed by atoms with Crippen molar-refractivity contribution in [2.24, 2.45) is 0 Å². The molecule has 2 aliphatic rings. The van der Waals surface area contributed by atoms with Crippen LogP contribution >= 0.6 is 0 Å². The average Bonchev–Trinajstić information content (AvgIpc) is 3.26. The van der Waals surface area contributed by atoms with Crippen molar-refractivity contribution in [2.75, 3.05) is 39.5 Å². The van der Waals surface area contributed by atoms with Crippen molar-refractivity contribution in [3.8, 4) is 11.5 Å². The molecule has 1 N–H and O–H groups in total. The summed E-state index contributed by atoms with van der Waals surface area (Å²) in [4.78, 5) is 14.4. The number of sulfonamides is 1. The maximum absolute atomic E-state index is 13.1. The fraction of sp³-hybridized carbons (Fsp3) is 0.409. The maximum Gasteiger partial charge on any atom is 0.243 e. The molecular weight excluding hydrogens is 437 g/mol. The van der Waals surface area contributed by atoms with Crippen LogP contribution in [0.15, 0.2) is 47.4 Å². The fourth-order valence-corrected chi connectivity index (χ4v) is 5.15. The minimum absolute atomic E-state index is 0.0471. The number of amides is 1. The Balaban J connectivity index is 1.32. The lowest BCUT2D eigenvalue weighted by atomic mass is 9.94. The summed E-state index contributed by atoms with van der Waals surface area (Å²) < 4.78 is 50.7. The zero-order valence-electron chi connectivity index (χ0n) is 18.0. The first-order valence-electron chi connectivity index (χ1n) is 10.4. The molecule has 0 atom stereocenters. The number of carbonyl (C=O) groups is 1. The Labute approximate surface area is 187 Å². The SMILES string of the molecule is CC(C)(NCC(=O)N1CCN(S(=O)(=O)c2ccc(F)cc2)CC1)c1ccc2c(c1)OCO2. The number of nitrogens with one attached hydrogen (secondary N) is 1. The van der Waals surface area contributed by atoms with Gasteiger partial charge >= 0.3 is 0 Å². The second kappa shape index (κ2) is 8.68. The fourth-order valence-electron chi connectivity index (χ4n) is 3.73. The monoisotopic (exact) mass is 463 g/mol. The molecular formula is C22H26FN3O5S. The van der Waals surface area contributed by atoms with Gasteiger partial charge in [-0.2, -0.15) is 4.31 Å². The Kier molecular flexibility index (Phi) is 6.11. The van der Waals surface area contributed by atoms with E-state index >= 15 is 0 Å². The van der Waals surface area contributed by atoms with Crippen LogP contribution in [-0.2, 0) is 20.4 Å². The van der Waals surface area contributed by atoms with Gasteiger partial charge in [0.1, 0.15) is 5.82 Å². The first-order valence-corrected chi connectivity index (χ1v) is 11.8. The first kappa shape index (κ1) is 22.5. The number of piperazine rings is 1. The molecule has 4 rings (SSSR count). The molecule has 1 saturated heterocycles. The number of ether oxygens (including phenoxy) is 2. The predicted molar refractivity (Wildman–Crippen MR) is 115 cm³/mol. The molecule has 1 fully saturated rings. The third-order valence-electron chi connectivity index (χ3n) is 5.82. The molecule has 0 bridgehead atoms. The van der Waals surface area contributed by atoms with Crippen LogP contribution in [0.1, 0.15) is 19.4 Å². The van der Waals surface area contributed by atoms with E-state index in [-0.39, 0.29) is 37.2 Å². The molecule has 0 spiro atoms. The van der Waals surface area contributed by atoms with Gasteiger partial charge in [-0.1, -0.05) is 6.07 Å². The average molecular weight is 464 g/mol. The molecule has 0 unspecified atom stereocenters. The van der Waals surface area contributed by atoms with Crippen LogP contribution in [0.5, 0.6) is 11.5 Å². The molecule has 172 valence electrons. The van der Waals surface area contributed by atoms with Gasteiger partial charge in [0.15, 0.2) is 11.5 Å². The Bertz CT molecular complexity index is 1100. The van der Waals surface area contributed by atoms with Gasteiger partial charge in [0.05, 0.1) is 11.4 Å². The van der Waals surface area contributed by atoms with Gasteiger partial charge in [-0.25, -0.2) is 12.8 Å². The number of carbonyl (C=O) groups excluding carboxylic acids is 1. The van der Waals surface area contributed by atoms with Crippen molar-refractivity contribution in [1.29, 1.82) is 0 Å². The van der Waals surface area contributed by atoms with E-state index in [2.05, 4.69) is 5.32 Å². The molecule has 0 radical (unpaired) electrons. The van der Waals surface area contributed by atoms with Crippen LogP contribution in [-0.4, -0.2) is 63.0 Å². The summed E-state index contributed by atoms with van der Waals surface area (Å²) in [5.74, 6) is 0.796. The standard InChI is InChI=1S/C22H26FN3O5S/c1-22(2,16-3-8-19-20(13-16)31-15-30-19)24-14-21(27)25-9-11-26(12-10-25)32(28,29)18-6-4-17(23)5-7-18/h3-8,13,24H,9-12,14-15H2,1-2H3. The molecule has 8 nitrogen and oxygen atoms in total.